The minimum Gasteiger partial charge on any atom is -0.335 e. The Labute approximate surface area is 133 Å². The van der Waals surface area contributed by atoms with E-state index in [0.717, 1.165) is 5.69 Å². The fourth-order valence-corrected chi connectivity index (χ4v) is 2.85. The molecule has 3 aromatic heterocycles. The number of anilines is 1. The number of aromatic nitrogens is 6. The van der Waals surface area contributed by atoms with Crippen LogP contribution in [0.4, 0.5) is 5.13 Å². The first kappa shape index (κ1) is 14.5. The Hall–Kier alpha value is -2.40. The van der Waals surface area contributed by atoms with Crippen molar-refractivity contribution in [3.05, 3.63) is 23.3 Å². The van der Waals surface area contributed by atoms with Crippen molar-refractivity contribution in [1.29, 1.82) is 0 Å². The summed E-state index contributed by atoms with van der Waals surface area (Å²) in [5.74, 6) is 6.36. The van der Waals surface area contributed by atoms with Crippen molar-refractivity contribution < 1.29 is 4.79 Å². The van der Waals surface area contributed by atoms with E-state index in [2.05, 4.69) is 30.7 Å². The molecule has 3 aromatic rings. The zero-order chi connectivity index (χ0) is 15.5. The molecule has 0 aliphatic rings. The number of carbonyl (C=O) groups excluding carboxylic acids is 1. The summed E-state index contributed by atoms with van der Waals surface area (Å²) in [5.41, 5.74) is 1.50. The number of amides is 1. The molecule has 0 bridgehead atoms. The predicted molar refractivity (Wildman–Crippen MR) is 84.0 cm³/mol. The molecule has 114 valence electrons. The average molecular weight is 336 g/mol. The molecule has 0 saturated carbocycles. The number of aryl methyl sites for hydroxylation is 1. The van der Waals surface area contributed by atoms with Crippen molar-refractivity contribution in [2.75, 3.05) is 16.9 Å². The molecule has 4 N–H and O–H groups in total. The van der Waals surface area contributed by atoms with Gasteiger partial charge in [-0.25, -0.2) is 9.66 Å². The fourth-order valence-electron chi connectivity index (χ4n) is 1.65. The van der Waals surface area contributed by atoms with Crippen LogP contribution in [0.3, 0.4) is 0 Å². The van der Waals surface area contributed by atoms with Crippen LogP contribution in [-0.2, 0) is 4.79 Å². The van der Waals surface area contributed by atoms with Gasteiger partial charge in [-0.3, -0.25) is 9.89 Å². The summed E-state index contributed by atoms with van der Waals surface area (Å²) < 4.78 is 1.32. The van der Waals surface area contributed by atoms with Gasteiger partial charge in [0, 0.05) is 17.3 Å². The van der Waals surface area contributed by atoms with Gasteiger partial charge >= 0.3 is 0 Å². The van der Waals surface area contributed by atoms with Crippen molar-refractivity contribution in [2.24, 2.45) is 0 Å². The summed E-state index contributed by atoms with van der Waals surface area (Å²) in [4.78, 5) is 15.8. The standard InChI is InChI=1S/C11H12N8OS2/c1-6-4-7(16-15-6)9-17-18-11(19(9)12)22-5-8(20)14-10-13-2-3-21-10/h2-4H,5,12H2,1H3,(H,15,16)(H,13,14,20). The SMILES string of the molecule is Cc1cc(-c2nnc(SCC(=O)Nc3nccs3)n2N)n[nH]1. The molecule has 9 nitrogen and oxygen atoms in total. The van der Waals surface area contributed by atoms with Crippen LogP contribution in [0.25, 0.3) is 11.5 Å². The van der Waals surface area contributed by atoms with Crippen LogP contribution in [0.2, 0.25) is 0 Å². The first-order valence-corrected chi connectivity index (χ1v) is 8.05. The second kappa shape index (κ2) is 6.15. The van der Waals surface area contributed by atoms with Gasteiger partial charge in [0.15, 0.2) is 5.13 Å². The second-order valence-electron chi connectivity index (χ2n) is 4.29. The molecular weight excluding hydrogens is 324 g/mol. The van der Waals surface area contributed by atoms with Gasteiger partial charge in [0.25, 0.3) is 0 Å². The number of carbonyl (C=O) groups is 1. The van der Waals surface area contributed by atoms with Crippen molar-refractivity contribution in [3.8, 4) is 11.5 Å². The smallest absolute Gasteiger partial charge is 0.236 e. The summed E-state index contributed by atoms with van der Waals surface area (Å²) in [6.45, 7) is 1.88. The predicted octanol–water partition coefficient (Wildman–Crippen LogP) is 0.878. The van der Waals surface area contributed by atoms with E-state index in [1.807, 2.05) is 13.0 Å². The van der Waals surface area contributed by atoms with E-state index < -0.39 is 0 Å². The molecule has 0 saturated heterocycles. The highest BCUT2D eigenvalue weighted by molar-refractivity contribution is 7.99. The Kier molecular flexibility index (Phi) is 4.06. The molecule has 0 unspecified atom stereocenters. The molecule has 0 aromatic carbocycles. The van der Waals surface area contributed by atoms with E-state index in [0.29, 0.717) is 21.8 Å². The molecule has 0 radical (unpaired) electrons. The minimum absolute atomic E-state index is 0.161. The van der Waals surface area contributed by atoms with Crippen LogP contribution in [0.5, 0.6) is 0 Å². The highest BCUT2D eigenvalue weighted by Crippen LogP contribution is 2.21. The van der Waals surface area contributed by atoms with E-state index in [-0.39, 0.29) is 11.7 Å². The molecule has 3 heterocycles. The van der Waals surface area contributed by atoms with Crippen LogP contribution in [0.15, 0.2) is 22.8 Å². The number of nitrogens with one attached hydrogen (secondary N) is 2. The average Bonchev–Trinajstić information content (AvgIpc) is 3.19. The number of rotatable bonds is 5. The molecule has 0 spiro atoms. The van der Waals surface area contributed by atoms with E-state index in [4.69, 9.17) is 5.84 Å². The highest BCUT2D eigenvalue weighted by atomic mass is 32.2. The molecular formula is C11H12N8OS2. The molecule has 0 atom stereocenters. The topological polar surface area (TPSA) is 127 Å². The van der Waals surface area contributed by atoms with Crippen LogP contribution in [0.1, 0.15) is 5.69 Å². The molecule has 22 heavy (non-hydrogen) atoms. The number of thiazole rings is 1. The van der Waals surface area contributed by atoms with Crippen LogP contribution >= 0.6 is 23.1 Å². The number of nitrogen functional groups attached to an aromatic ring is 1. The van der Waals surface area contributed by atoms with Crippen LogP contribution in [0, 0.1) is 6.92 Å². The number of hydrogen-bond acceptors (Lipinski definition) is 8. The number of H-pyrrole nitrogens is 1. The number of hydrogen-bond donors (Lipinski definition) is 3. The number of thioether (sulfide) groups is 1. The van der Waals surface area contributed by atoms with Gasteiger partial charge < -0.3 is 11.2 Å². The molecule has 11 heteroatoms. The Morgan fingerprint density at radius 1 is 1.55 bits per heavy atom. The molecule has 0 aliphatic carbocycles. The summed E-state index contributed by atoms with van der Waals surface area (Å²) in [6.07, 6.45) is 1.63. The van der Waals surface area contributed by atoms with Crippen molar-refractivity contribution in [1.82, 2.24) is 30.1 Å². The van der Waals surface area contributed by atoms with E-state index in [1.54, 1.807) is 11.6 Å². The lowest BCUT2D eigenvalue weighted by Gasteiger charge is -2.02. The molecule has 0 fully saturated rings. The summed E-state index contributed by atoms with van der Waals surface area (Å²) in [7, 11) is 0. The van der Waals surface area contributed by atoms with Crippen molar-refractivity contribution in [2.45, 2.75) is 12.1 Å². The van der Waals surface area contributed by atoms with Gasteiger partial charge in [0.05, 0.1) is 5.75 Å². The lowest BCUT2D eigenvalue weighted by molar-refractivity contribution is -0.113. The lowest BCUT2D eigenvalue weighted by Crippen LogP contribution is -2.16. The zero-order valence-electron chi connectivity index (χ0n) is 11.5. The monoisotopic (exact) mass is 336 g/mol. The first-order valence-electron chi connectivity index (χ1n) is 6.18. The van der Waals surface area contributed by atoms with Gasteiger partial charge in [-0.1, -0.05) is 11.8 Å². The quantitative estimate of drug-likeness (QED) is 0.466. The Morgan fingerprint density at radius 2 is 2.41 bits per heavy atom. The summed E-state index contributed by atoms with van der Waals surface area (Å²) in [6, 6.07) is 1.82. The van der Waals surface area contributed by atoms with Crippen molar-refractivity contribution in [3.63, 3.8) is 0 Å². The second-order valence-corrected chi connectivity index (χ2v) is 6.12. The Balaban J connectivity index is 1.64. The zero-order valence-corrected chi connectivity index (χ0v) is 13.1. The third kappa shape index (κ3) is 3.09. The number of nitrogens with two attached hydrogens (primary N) is 1. The van der Waals surface area contributed by atoms with Gasteiger partial charge in [-0.2, -0.15) is 5.10 Å². The normalized spacial score (nSPS) is 10.8. The van der Waals surface area contributed by atoms with Crippen molar-refractivity contribution >= 4 is 34.1 Å². The summed E-state index contributed by atoms with van der Waals surface area (Å²) >= 11 is 2.55. The third-order valence-corrected chi connectivity index (χ3v) is 4.24. The van der Waals surface area contributed by atoms with E-state index >= 15 is 0 Å². The molecule has 0 aliphatic heterocycles. The van der Waals surface area contributed by atoms with Gasteiger partial charge in [-0.05, 0) is 13.0 Å². The minimum atomic E-state index is -0.180. The van der Waals surface area contributed by atoms with E-state index in [1.165, 1.54) is 27.8 Å². The first-order chi connectivity index (χ1) is 10.6. The Bertz CT molecular complexity index is 778. The molecule has 1 amide bonds. The molecule has 3 rings (SSSR count). The Morgan fingerprint density at radius 3 is 3.09 bits per heavy atom. The maximum absolute atomic E-state index is 11.8. The van der Waals surface area contributed by atoms with Gasteiger partial charge in [-0.15, -0.1) is 21.5 Å². The third-order valence-electron chi connectivity index (χ3n) is 2.61. The van der Waals surface area contributed by atoms with E-state index in [9.17, 15) is 4.79 Å². The van der Waals surface area contributed by atoms with Gasteiger partial charge in [0.2, 0.25) is 16.9 Å². The largest absolute Gasteiger partial charge is 0.335 e. The van der Waals surface area contributed by atoms with Gasteiger partial charge in [0.1, 0.15) is 5.69 Å². The maximum Gasteiger partial charge on any atom is 0.236 e. The lowest BCUT2D eigenvalue weighted by atomic mass is 10.3. The number of aromatic amines is 1. The van der Waals surface area contributed by atoms with Crippen LogP contribution < -0.4 is 11.2 Å². The number of nitrogens with zero attached hydrogens (tertiary/aromatic N) is 5. The fraction of sp³-hybridized carbons (Fsp3) is 0.182. The highest BCUT2D eigenvalue weighted by Gasteiger charge is 2.15. The van der Waals surface area contributed by atoms with Crippen LogP contribution in [-0.4, -0.2) is 41.7 Å². The maximum atomic E-state index is 11.8. The summed E-state index contributed by atoms with van der Waals surface area (Å²) in [5, 5.41) is 20.3.